The van der Waals surface area contributed by atoms with Gasteiger partial charge in [-0.1, -0.05) is 23.4 Å². The molecule has 0 aliphatic carbocycles. The summed E-state index contributed by atoms with van der Waals surface area (Å²) in [6, 6.07) is 9.43. The second-order valence-electron chi connectivity index (χ2n) is 7.12. The lowest BCUT2D eigenvalue weighted by atomic mass is 10.1. The highest BCUT2D eigenvalue weighted by Crippen LogP contribution is 2.24. The van der Waals surface area contributed by atoms with Crippen molar-refractivity contribution in [2.45, 2.75) is 20.5 Å². The van der Waals surface area contributed by atoms with Crippen molar-refractivity contribution in [1.82, 2.24) is 19.5 Å². The highest BCUT2D eigenvalue weighted by Gasteiger charge is 2.15. The van der Waals surface area contributed by atoms with Crippen LogP contribution < -0.4 is 5.32 Å². The van der Waals surface area contributed by atoms with Gasteiger partial charge in [0, 0.05) is 24.6 Å². The highest BCUT2D eigenvalue weighted by molar-refractivity contribution is 6.04. The molecule has 0 atom stereocenters. The number of fused-ring (bicyclic) bond motifs is 1. The van der Waals surface area contributed by atoms with Gasteiger partial charge in [0.05, 0.1) is 19.4 Å². The number of methoxy groups -OCH3 is 1. The molecule has 0 saturated heterocycles. The van der Waals surface area contributed by atoms with Crippen LogP contribution in [0.5, 0.6) is 0 Å². The number of benzene rings is 1. The van der Waals surface area contributed by atoms with Crippen LogP contribution >= 0.6 is 0 Å². The van der Waals surface area contributed by atoms with Crippen LogP contribution in [0.25, 0.3) is 17.0 Å². The molecule has 0 radical (unpaired) electrons. The number of aryl methyl sites for hydroxylation is 2. The summed E-state index contributed by atoms with van der Waals surface area (Å²) in [6.07, 6.45) is 3.45. The fourth-order valence-electron chi connectivity index (χ4n) is 3.07. The molecule has 0 saturated carbocycles. The zero-order chi connectivity index (χ0) is 21.8. The van der Waals surface area contributed by atoms with Gasteiger partial charge in [-0.15, -0.1) is 0 Å². The molecular weight excluding hydrogens is 398 g/mol. The average molecular weight is 421 g/mol. The van der Waals surface area contributed by atoms with Gasteiger partial charge >= 0.3 is 0 Å². The minimum absolute atomic E-state index is 0.208. The standard InChI is InChI=1S/C22H23N5O4/c1-14-4-7-19-23-11-18(27(19)12-14)22(28)24-17-10-16(6-5-15(17)2)21-25-20(31-26-21)13-30-9-8-29-3/h4-7,10-12H,8-9,13H2,1-3H3,(H,24,28). The Balaban J connectivity index is 1.52. The van der Waals surface area contributed by atoms with Gasteiger partial charge in [-0.25, -0.2) is 4.98 Å². The van der Waals surface area contributed by atoms with E-state index in [9.17, 15) is 4.79 Å². The van der Waals surface area contributed by atoms with Crippen LogP contribution in [0, 0.1) is 13.8 Å². The fraction of sp³-hybridized carbons (Fsp3) is 0.273. The minimum Gasteiger partial charge on any atom is -0.382 e. The number of nitrogens with zero attached hydrogens (tertiary/aromatic N) is 4. The lowest BCUT2D eigenvalue weighted by molar-refractivity contribution is 0.0494. The van der Waals surface area contributed by atoms with Crippen LogP contribution in [0.1, 0.15) is 27.5 Å². The van der Waals surface area contributed by atoms with Crippen LogP contribution in [-0.2, 0) is 16.1 Å². The highest BCUT2D eigenvalue weighted by atomic mass is 16.5. The monoisotopic (exact) mass is 421 g/mol. The zero-order valence-corrected chi connectivity index (χ0v) is 17.6. The predicted molar refractivity (Wildman–Crippen MR) is 114 cm³/mol. The van der Waals surface area contributed by atoms with E-state index in [2.05, 4.69) is 20.4 Å². The lowest BCUT2D eigenvalue weighted by Crippen LogP contribution is -2.15. The Morgan fingerprint density at radius 1 is 1.19 bits per heavy atom. The van der Waals surface area contributed by atoms with E-state index in [0.29, 0.717) is 42.0 Å². The van der Waals surface area contributed by atoms with Crippen LogP contribution in [0.2, 0.25) is 0 Å². The molecule has 4 aromatic rings. The molecule has 1 N–H and O–H groups in total. The first-order valence-corrected chi connectivity index (χ1v) is 9.80. The number of ether oxygens (including phenoxy) is 2. The number of hydrogen-bond donors (Lipinski definition) is 1. The summed E-state index contributed by atoms with van der Waals surface area (Å²) in [6.45, 7) is 5.03. The van der Waals surface area contributed by atoms with Crippen molar-refractivity contribution >= 4 is 17.2 Å². The largest absolute Gasteiger partial charge is 0.382 e. The molecule has 9 heteroatoms. The van der Waals surface area contributed by atoms with Gasteiger partial charge in [-0.3, -0.25) is 9.20 Å². The number of aromatic nitrogens is 4. The molecule has 0 aliphatic heterocycles. The number of anilines is 1. The van der Waals surface area contributed by atoms with Crippen molar-refractivity contribution in [2.75, 3.05) is 25.6 Å². The maximum atomic E-state index is 12.9. The molecular formula is C22H23N5O4. The van der Waals surface area contributed by atoms with Crippen LogP contribution in [-0.4, -0.2) is 45.8 Å². The lowest BCUT2D eigenvalue weighted by Gasteiger charge is -2.09. The third kappa shape index (κ3) is 4.62. The minimum atomic E-state index is -0.251. The zero-order valence-electron chi connectivity index (χ0n) is 17.6. The van der Waals surface area contributed by atoms with Gasteiger partial charge in [-0.05, 0) is 37.1 Å². The summed E-state index contributed by atoms with van der Waals surface area (Å²) in [5, 5.41) is 6.98. The Hall–Kier alpha value is -3.56. The molecule has 3 heterocycles. The van der Waals surface area contributed by atoms with E-state index >= 15 is 0 Å². The first kappa shape index (κ1) is 20.7. The van der Waals surface area contributed by atoms with Crippen molar-refractivity contribution in [3.63, 3.8) is 0 Å². The van der Waals surface area contributed by atoms with Crippen LogP contribution in [0.3, 0.4) is 0 Å². The second kappa shape index (κ2) is 9.07. The number of carbonyl (C=O) groups is 1. The number of amides is 1. The summed E-state index contributed by atoms with van der Waals surface area (Å²) >= 11 is 0. The van der Waals surface area contributed by atoms with Gasteiger partial charge in [0.25, 0.3) is 11.8 Å². The van der Waals surface area contributed by atoms with E-state index in [1.54, 1.807) is 17.7 Å². The summed E-state index contributed by atoms with van der Waals surface area (Å²) < 4.78 is 17.4. The van der Waals surface area contributed by atoms with E-state index < -0.39 is 0 Å². The first-order chi connectivity index (χ1) is 15.0. The average Bonchev–Trinajstić information content (AvgIpc) is 3.40. The van der Waals surface area contributed by atoms with Gasteiger partial charge < -0.3 is 19.3 Å². The molecule has 0 bridgehead atoms. The molecule has 9 nitrogen and oxygen atoms in total. The predicted octanol–water partition coefficient (Wildman–Crippen LogP) is 3.42. The Bertz CT molecular complexity index is 1210. The number of imidazole rings is 1. The summed E-state index contributed by atoms with van der Waals surface area (Å²) in [4.78, 5) is 21.6. The molecule has 0 aliphatic rings. The number of pyridine rings is 1. The molecule has 4 rings (SSSR count). The van der Waals surface area contributed by atoms with Crippen molar-refractivity contribution in [2.24, 2.45) is 0 Å². The molecule has 3 aromatic heterocycles. The summed E-state index contributed by atoms with van der Waals surface area (Å²) in [5.74, 6) is 0.545. The molecule has 0 fully saturated rings. The number of hydrogen-bond acceptors (Lipinski definition) is 7. The molecule has 1 amide bonds. The number of rotatable bonds is 8. The van der Waals surface area contributed by atoms with Crippen LogP contribution in [0.15, 0.2) is 47.2 Å². The summed E-state index contributed by atoms with van der Waals surface area (Å²) in [5.41, 5.74) is 4.51. The topological polar surface area (TPSA) is 104 Å². The third-order valence-electron chi connectivity index (χ3n) is 4.76. The molecule has 1 aromatic carbocycles. The van der Waals surface area contributed by atoms with E-state index in [0.717, 1.165) is 16.7 Å². The fourth-order valence-corrected chi connectivity index (χ4v) is 3.07. The maximum Gasteiger partial charge on any atom is 0.274 e. The summed E-state index contributed by atoms with van der Waals surface area (Å²) in [7, 11) is 1.61. The second-order valence-corrected chi connectivity index (χ2v) is 7.12. The van der Waals surface area contributed by atoms with Gasteiger partial charge in [0.1, 0.15) is 17.9 Å². The Kier molecular flexibility index (Phi) is 6.06. The number of nitrogens with one attached hydrogen (secondary N) is 1. The first-order valence-electron chi connectivity index (χ1n) is 9.80. The molecule has 0 unspecified atom stereocenters. The third-order valence-corrected chi connectivity index (χ3v) is 4.76. The molecule has 0 spiro atoms. The quantitative estimate of drug-likeness (QED) is 0.435. The van der Waals surface area contributed by atoms with Crippen molar-refractivity contribution < 1.29 is 18.8 Å². The van der Waals surface area contributed by atoms with Crippen molar-refractivity contribution in [3.8, 4) is 11.4 Å². The molecule has 160 valence electrons. The van der Waals surface area contributed by atoms with E-state index in [-0.39, 0.29) is 12.5 Å². The van der Waals surface area contributed by atoms with Gasteiger partial charge in [0.15, 0.2) is 0 Å². The Morgan fingerprint density at radius 2 is 2.06 bits per heavy atom. The van der Waals surface area contributed by atoms with Gasteiger partial charge in [-0.2, -0.15) is 4.98 Å². The maximum absolute atomic E-state index is 12.9. The molecule has 31 heavy (non-hydrogen) atoms. The Morgan fingerprint density at radius 3 is 2.90 bits per heavy atom. The van der Waals surface area contributed by atoms with Crippen molar-refractivity contribution in [3.05, 3.63) is 65.4 Å². The van der Waals surface area contributed by atoms with Gasteiger partial charge in [0.2, 0.25) is 5.82 Å². The normalized spacial score (nSPS) is 11.2. The number of carbonyl (C=O) groups excluding carboxylic acids is 1. The SMILES string of the molecule is COCCOCc1nc(-c2ccc(C)c(NC(=O)c3cnc4ccc(C)cn34)c2)no1. The Labute approximate surface area is 179 Å². The van der Waals surface area contributed by atoms with Crippen LogP contribution in [0.4, 0.5) is 5.69 Å². The van der Waals surface area contributed by atoms with E-state index in [1.165, 1.54) is 0 Å². The van der Waals surface area contributed by atoms with E-state index in [1.807, 2.05) is 50.4 Å². The smallest absolute Gasteiger partial charge is 0.274 e. The van der Waals surface area contributed by atoms with Crippen molar-refractivity contribution in [1.29, 1.82) is 0 Å². The van der Waals surface area contributed by atoms with E-state index in [4.69, 9.17) is 14.0 Å².